The van der Waals surface area contributed by atoms with Crippen LogP contribution in [-0.2, 0) is 18.3 Å². The van der Waals surface area contributed by atoms with Crippen LogP contribution >= 0.6 is 0 Å². The van der Waals surface area contributed by atoms with Crippen LogP contribution < -0.4 is 0 Å². The molecule has 0 aromatic rings. The second kappa shape index (κ2) is 13.1. The Labute approximate surface area is 102 Å². The lowest BCUT2D eigenvalue weighted by molar-refractivity contribution is -0.143. The summed E-state index contributed by atoms with van der Waals surface area (Å²) in [4.78, 5) is 0. The highest BCUT2D eigenvalue weighted by atomic mass is 28.3. The number of hydrogen-bond donors (Lipinski definition) is 0. The highest BCUT2D eigenvalue weighted by Crippen LogP contribution is 2.01. The lowest BCUT2D eigenvalue weighted by Gasteiger charge is -2.16. The topological polar surface area (TPSA) is 36.9 Å². The van der Waals surface area contributed by atoms with Gasteiger partial charge in [-0.25, -0.2) is 0 Å². The Morgan fingerprint density at radius 2 is 1.56 bits per heavy atom. The van der Waals surface area contributed by atoms with Crippen LogP contribution in [0.4, 0.5) is 0 Å². The first-order valence-electron chi connectivity index (χ1n) is 6.23. The fourth-order valence-electron chi connectivity index (χ4n) is 1.19. The molecule has 0 atom stereocenters. The van der Waals surface area contributed by atoms with Crippen molar-refractivity contribution in [2.24, 2.45) is 0 Å². The molecule has 0 N–H and O–H groups in total. The number of rotatable bonds is 12. The molecule has 0 bridgehead atoms. The van der Waals surface area contributed by atoms with Gasteiger partial charge in [-0.2, -0.15) is 0 Å². The fourth-order valence-corrected chi connectivity index (χ4v) is 1.91. The van der Waals surface area contributed by atoms with Crippen molar-refractivity contribution < 1.29 is 18.3 Å². The van der Waals surface area contributed by atoms with Crippen molar-refractivity contribution >= 4 is 10.0 Å². The van der Waals surface area contributed by atoms with Gasteiger partial charge in [-0.3, -0.25) is 0 Å². The van der Waals surface area contributed by atoms with Gasteiger partial charge < -0.3 is 18.3 Å². The Morgan fingerprint density at radius 3 is 2.12 bits per heavy atom. The minimum Gasteiger partial charge on any atom is -0.399 e. The van der Waals surface area contributed by atoms with Gasteiger partial charge >= 0.3 is 10.0 Å². The van der Waals surface area contributed by atoms with Gasteiger partial charge in [-0.05, 0) is 20.3 Å². The van der Waals surface area contributed by atoms with Crippen molar-refractivity contribution in [3.63, 3.8) is 0 Å². The molecule has 4 nitrogen and oxygen atoms in total. The van der Waals surface area contributed by atoms with E-state index in [9.17, 15) is 0 Å². The van der Waals surface area contributed by atoms with Gasteiger partial charge in [0.2, 0.25) is 0 Å². The number of unbranched alkanes of at least 4 members (excludes halogenated alkanes) is 1. The maximum absolute atomic E-state index is 5.46. The molecule has 16 heavy (non-hydrogen) atoms. The SMILES string of the molecule is CCCCO[SiH2]OCCC(OCC)OCC. The van der Waals surface area contributed by atoms with Gasteiger partial charge in [0.05, 0.1) is 0 Å². The van der Waals surface area contributed by atoms with Crippen LogP contribution in [0.1, 0.15) is 40.0 Å². The molecule has 0 fully saturated rings. The third-order valence-corrected chi connectivity index (χ3v) is 2.92. The first kappa shape index (κ1) is 16.1. The molecule has 0 aliphatic rings. The van der Waals surface area contributed by atoms with E-state index in [1.165, 1.54) is 6.42 Å². The van der Waals surface area contributed by atoms with Crippen molar-refractivity contribution in [1.82, 2.24) is 0 Å². The molecule has 5 heteroatoms. The largest absolute Gasteiger partial charge is 0.399 e. The maximum atomic E-state index is 5.46. The molecule has 0 aliphatic heterocycles. The van der Waals surface area contributed by atoms with Crippen LogP contribution in [-0.4, -0.2) is 42.7 Å². The highest BCUT2D eigenvalue weighted by Gasteiger charge is 2.06. The van der Waals surface area contributed by atoms with Crippen molar-refractivity contribution in [2.45, 2.75) is 46.3 Å². The summed E-state index contributed by atoms with van der Waals surface area (Å²) in [5.74, 6) is 0. The van der Waals surface area contributed by atoms with Crippen LogP contribution in [0.15, 0.2) is 0 Å². The molecule has 98 valence electrons. The molecule has 0 unspecified atom stereocenters. The standard InChI is InChI=1S/C11H26O4Si/c1-4-7-9-14-16-15-10-8-11(12-5-2)13-6-3/h11H,4-10,16H2,1-3H3. The summed E-state index contributed by atoms with van der Waals surface area (Å²) in [7, 11) is -0.791. The first-order chi connectivity index (χ1) is 7.85. The molecule has 0 saturated heterocycles. The Hall–Kier alpha value is 0.0569. The number of ether oxygens (including phenoxy) is 2. The second-order valence-electron chi connectivity index (χ2n) is 3.42. The van der Waals surface area contributed by atoms with Gasteiger partial charge in [0.15, 0.2) is 6.29 Å². The van der Waals surface area contributed by atoms with E-state index in [2.05, 4.69) is 6.92 Å². The summed E-state index contributed by atoms with van der Waals surface area (Å²) < 4.78 is 21.7. The Kier molecular flexibility index (Phi) is 13.2. The average Bonchev–Trinajstić information content (AvgIpc) is 2.28. The number of hydrogen-bond acceptors (Lipinski definition) is 4. The summed E-state index contributed by atoms with van der Waals surface area (Å²) in [6, 6.07) is 0. The minimum atomic E-state index is -0.791. The van der Waals surface area contributed by atoms with Crippen molar-refractivity contribution in [2.75, 3.05) is 26.4 Å². The maximum Gasteiger partial charge on any atom is 0.304 e. The molecule has 0 spiro atoms. The van der Waals surface area contributed by atoms with Gasteiger partial charge in [0.1, 0.15) is 0 Å². The van der Waals surface area contributed by atoms with Gasteiger partial charge in [0, 0.05) is 32.8 Å². The average molecular weight is 250 g/mol. The predicted molar refractivity (Wildman–Crippen MR) is 67.0 cm³/mol. The van der Waals surface area contributed by atoms with E-state index in [0.29, 0.717) is 19.8 Å². The zero-order valence-corrected chi connectivity index (χ0v) is 12.3. The summed E-state index contributed by atoms with van der Waals surface area (Å²) in [5.41, 5.74) is 0. The van der Waals surface area contributed by atoms with E-state index >= 15 is 0 Å². The van der Waals surface area contributed by atoms with Gasteiger partial charge in [0.25, 0.3) is 0 Å². The summed E-state index contributed by atoms with van der Waals surface area (Å²) in [5, 5.41) is 0. The van der Waals surface area contributed by atoms with Crippen LogP contribution in [0.5, 0.6) is 0 Å². The highest BCUT2D eigenvalue weighted by molar-refractivity contribution is 6.17. The third kappa shape index (κ3) is 10.6. The molecule has 0 radical (unpaired) electrons. The van der Waals surface area contributed by atoms with E-state index in [0.717, 1.165) is 19.4 Å². The fraction of sp³-hybridized carbons (Fsp3) is 1.00. The monoisotopic (exact) mass is 250 g/mol. The van der Waals surface area contributed by atoms with Crippen molar-refractivity contribution in [3.8, 4) is 0 Å². The van der Waals surface area contributed by atoms with Crippen LogP contribution in [0.25, 0.3) is 0 Å². The lowest BCUT2D eigenvalue weighted by atomic mass is 10.4. The van der Waals surface area contributed by atoms with E-state index in [-0.39, 0.29) is 6.29 Å². The Morgan fingerprint density at radius 1 is 0.938 bits per heavy atom. The van der Waals surface area contributed by atoms with Crippen LogP contribution in [0.2, 0.25) is 0 Å². The quantitative estimate of drug-likeness (QED) is 0.299. The normalized spacial score (nSPS) is 12.0. The van der Waals surface area contributed by atoms with E-state index < -0.39 is 10.0 Å². The summed E-state index contributed by atoms with van der Waals surface area (Å²) in [6.07, 6.45) is 2.95. The zero-order chi connectivity index (χ0) is 12.1. The molecule has 0 aromatic carbocycles. The van der Waals surface area contributed by atoms with Gasteiger partial charge in [-0.15, -0.1) is 0 Å². The van der Waals surface area contributed by atoms with Crippen molar-refractivity contribution in [1.29, 1.82) is 0 Å². The van der Waals surface area contributed by atoms with E-state index in [1.54, 1.807) is 0 Å². The molecule has 0 aliphatic carbocycles. The van der Waals surface area contributed by atoms with Crippen LogP contribution in [0, 0.1) is 0 Å². The molecule has 0 aromatic heterocycles. The molecule has 0 heterocycles. The Bertz CT molecular complexity index is 129. The lowest BCUT2D eigenvalue weighted by Crippen LogP contribution is -2.20. The molecule has 0 rings (SSSR count). The first-order valence-corrected chi connectivity index (χ1v) is 7.39. The summed E-state index contributed by atoms with van der Waals surface area (Å²) >= 11 is 0. The predicted octanol–water partition coefficient (Wildman–Crippen LogP) is 1.61. The smallest absolute Gasteiger partial charge is 0.304 e. The second-order valence-corrected chi connectivity index (χ2v) is 4.47. The zero-order valence-electron chi connectivity index (χ0n) is 10.9. The van der Waals surface area contributed by atoms with E-state index in [1.807, 2.05) is 13.8 Å². The summed E-state index contributed by atoms with van der Waals surface area (Å²) in [6.45, 7) is 8.95. The minimum absolute atomic E-state index is 0.125. The molecular formula is C11H26O4Si. The van der Waals surface area contributed by atoms with Crippen molar-refractivity contribution in [3.05, 3.63) is 0 Å². The molecular weight excluding hydrogens is 224 g/mol. The molecule has 0 amide bonds. The van der Waals surface area contributed by atoms with E-state index in [4.69, 9.17) is 18.3 Å². The Balaban J connectivity index is 3.25. The van der Waals surface area contributed by atoms with Gasteiger partial charge in [-0.1, -0.05) is 13.3 Å². The van der Waals surface area contributed by atoms with Crippen LogP contribution in [0.3, 0.4) is 0 Å². The third-order valence-electron chi connectivity index (χ3n) is 2.01. The molecule has 0 saturated carbocycles.